The van der Waals surface area contributed by atoms with Crippen molar-refractivity contribution in [3.63, 3.8) is 0 Å². The fourth-order valence-corrected chi connectivity index (χ4v) is 1.16. The van der Waals surface area contributed by atoms with Crippen LogP contribution in [0, 0.1) is 0 Å². The van der Waals surface area contributed by atoms with Gasteiger partial charge >= 0.3 is 5.97 Å². The Balaban J connectivity index is 4.45. The molecule has 0 saturated heterocycles. The third-order valence-electron chi connectivity index (χ3n) is 1.01. The number of amides is 1. The molecule has 0 aromatic carbocycles. The van der Waals surface area contributed by atoms with E-state index in [0.29, 0.717) is 0 Å². The molecule has 0 fully saturated rings. The lowest BCUT2D eigenvalue weighted by Gasteiger charge is -2.09. The normalized spacial score (nSPS) is 13.6. The molecule has 13 heavy (non-hydrogen) atoms. The van der Waals surface area contributed by atoms with Crippen LogP contribution in [0.3, 0.4) is 0 Å². The third-order valence-corrected chi connectivity index (χ3v) is 1.62. The molecule has 76 valence electrons. The summed E-state index contributed by atoms with van der Waals surface area (Å²) in [6.45, 7) is 0. The van der Waals surface area contributed by atoms with Gasteiger partial charge < -0.3 is 10.8 Å². The van der Waals surface area contributed by atoms with Crippen molar-refractivity contribution in [2.24, 2.45) is 10.9 Å². The molecule has 1 atom stereocenters. The maximum atomic E-state index is 10.4. The van der Waals surface area contributed by atoms with E-state index in [1.807, 2.05) is 0 Å². The van der Waals surface area contributed by atoms with Gasteiger partial charge in [0.05, 0.1) is 6.42 Å². The van der Waals surface area contributed by atoms with E-state index in [2.05, 4.69) is 10.9 Å². The molecule has 0 rings (SSSR count). The molecule has 0 saturated carbocycles. The highest BCUT2D eigenvalue weighted by Crippen LogP contribution is 1.92. The summed E-state index contributed by atoms with van der Waals surface area (Å²) in [6, 6.07) is -1.62. The summed E-state index contributed by atoms with van der Waals surface area (Å²) >= 11 is 0. The monoisotopic (exact) mass is 211 g/mol. The van der Waals surface area contributed by atoms with Gasteiger partial charge in [0, 0.05) is 0 Å². The van der Waals surface area contributed by atoms with Crippen LogP contribution in [0.2, 0.25) is 0 Å². The third kappa shape index (κ3) is 6.02. The minimum absolute atomic E-state index is 0.647. The number of carbonyl (C=O) groups excluding carboxylic acids is 1. The molecular weight excluding hydrogens is 202 g/mol. The van der Waals surface area contributed by atoms with Gasteiger partial charge in [-0.05, 0) is 0 Å². The molecule has 0 bridgehead atoms. The van der Waals surface area contributed by atoms with Crippen molar-refractivity contribution in [2.45, 2.75) is 12.5 Å². The first-order valence-corrected chi connectivity index (χ1v) is 4.58. The van der Waals surface area contributed by atoms with Crippen LogP contribution >= 0.6 is 0 Å². The van der Waals surface area contributed by atoms with Crippen LogP contribution in [0.1, 0.15) is 6.42 Å². The summed E-state index contributed by atoms with van der Waals surface area (Å²) in [5.74, 6) is -2.46. The zero-order valence-corrected chi connectivity index (χ0v) is 7.24. The van der Waals surface area contributed by atoms with Gasteiger partial charge in [0.2, 0.25) is 5.91 Å². The number of primary amides is 1. The van der Waals surface area contributed by atoms with E-state index in [9.17, 15) is 18.0 Å². The second-order valence-electron chi connectivity index (χ2n) is 2.22. The lowest BCUT2D eigenvalue weighted by molar-refractivity contribution is -0.140. The van der Waals surface area contributed by atoms with Crippen molar-refractivity contribution in [3.05, 3.63) is 0 Å². The number of carboxylic acid groups (broad SMARTS) is 1. The van der Waals surface area contributed by atoms with Gasteiger partial charge in [-0.1, -0.05) is 0 Å². The second-order valence-corrected chi connectivity index (χ2v) is 3.55. The van der Waals surface area contributed by atoms with Gasteiger partial charge in [-0.25, -0.2) is 5.14 Å². The molecule has 0 aliphatic heterocycles. The Bertz CT molecular complexity index is 310. The Hall–Kier alpha value is -1.19. The molecule has 0 aliphatic carbocycles. The minimum Gasteiger partial charge on any atom is -0.480 e. The fourth-order valence-electron chi connectivity index (χ4n) is 0.579. The summed E-state index contributed by atoms with van der Waals surface area (Å²) in [5.41, 5.74) is 4.67. The molecule has 8 nitrogen and oxygen atoms in total. The number of nitrogens with two attached hydrogens (primary N) is 2. The molecule has 1 unspecified atom stereocenters. The lowest BCUT2D eigenvalue weighted by atomic mass is 10.2. The highest BCUT2D eigenvalue weighted by atomic mass is 32.2. The first-order chi connectivity index (χ1) is 5.72. The van der Waals surface area contributed by atoms with Crippen molar-refractivity contribution in [3.8, 4) is 0 Å². The van der Waals surface area contributed by atoms with Crippen LogP contribution in [0.5, 0.6) is 0 Å². The summed E-state index contributed by atoms with van der Waals surface area (Å²) in [7, 11) is -4.15. The quantitative estimate of drug-likeness (QED) is 0.384. The number of hydrogen-bond donors (Lipinski definition) is 4. The Morgan fingerprint density at radius 1 is 1.46 bits per heavy atom. The average molecular weight is 211 g/mol. The minimum atomic E-state index is -4.15. The fraction of sp³-hybridized carbons (Fsp3) is 0.500. The van der Waals surface area contributed by atoms with Crippen molar-refractivity contribution in [1.82, 2.24) is 4.72 Å². The van der Waals surface area contributed by atoms with E-state index in [0.717, 1.165) is 0 Å². The molecule has 1 amide bonds. The van der Waals surface area contributed by atoms with Gasteiger partial charge in [-0.15, -0.1) is 0 Å². The van der Waals surface area contributed by atoms with Crippen molar-refractivity contribution in [1.29, 1.82) is 0 Å². The molecule has 0 aromatic rings. The number of carbonyl (C=O) groups is 2. The highest BCUT2D eigenvalue weighted by Gasteiger charge is 2.23. The lowest BCUT2D eigenvalue weighted by Crippen LogP contribution is -2.45. The molecule has 0 aromatic heterocycles. The van der Waals surface area contributed by atoms with Crippen LogP contribution in [0.15, 0.2) is 0 Å². The zero-order chi connectivity index (χ0) is 10.6. The van der Waals surface area contributed by atoms with Crippen molar-refractivity contribution >= 4 is 22.1 Å². The average Bonchev–Trinajstić information content (AvgIpc) is 1.81. The van der Waals surface area contributed by atoms with Gasteiger partial charge in [0.25, 0.3) is 10.2 Å². The summed E-state index contributed by atoms with van der Waals surface area (Å²) in [4.78, 5) is 20.6. The second kappa shape index (κ2) is 4.16. The Morgan fingerprint density at radius 3 is 2.15 bits per heavy atom. The predicted molar refractivity (Wildman–Crippen MR) is 41.5 cm³/mol. The van der Waals surface area contributed by atoms with E-state index in [-0.39, 0.29) is 0 Å². The Labute approximate surface area is 74.1 Å². The van der Waals surface area contributed by atoms with Crippen molar-refractivity contribution in [2.75, 3.05) is 0 Å². The number of nitrogens with one attached hydrogen (secondary N) is 1. The van der Waals surface area contributed by atoms with Gasteiger partial charge in [-0.2, -0.15) is 13.1 Å². The number of hydrogen-bond acceptors (Lipinski definition) is 4. The van der Waals surface area contributed by atoms with E-state index < -0.39 is 34.5 Å². The number of rotatable bonds is 5. The van der Waals surface area contributed by atoms with Gasteiger partial charge in [0.1, 0.15) is 6.04 Å². The smallest absolute Gasteiger partial charge is 0.322 e. The largest absolute Gasteiger partial charge is 0.480 e. The topological polar surface area (TPSA) is 153 Å². The molecule has 0 aliphatic rings. The molecule has 6 N–H and O–H groups in total. The molecule has 0 radical (unpaired) electrons. The van der Waals surface area contributed by atoms with Crippen molar-refractivity contribution < 1.29 is 23.1 Å². The molecular formula is C4H9N3O5S. The first kappa shape index (κ1) is 11.8. The van der Waals surface area contributed by atoms with Crippen LogP contribution in [-0.2, 0) is 19.8 Å². The zero-order valence-electron chi connectivity index (χ0n) is 6.43. The van der Waals surface area contributed by atoms with Crippen LogP contribution in [0.4, 0.5) is 0 Å². The van der Waals surface area contributed by atoms with Gasteiger partial charge in [-0.3, -0.25) is 9.59 Å². The number of aliphatic carboxylic acids is 1. The van der Waals surface area contributed by atoms with Crippen LogP contribution < -0.4 is 15.6 Å². The van der Waals surface area contributed by atoms with E-state index in [1.165, 1.54) is 4.72 Å². The van der Waals surface area contributed by atoms with Crippen LogP contribution in [0.25, 0.3) is 0 Å². The maximum Gasteiger partial charge on any atom is 0.322 e. The summed E-state index contributed by atoms with van der Waals surface area (Å²) in [5, 5.41) is 12.9. The predicted octanol–water partition coefficient (Wildman–Crippen LogP) is -2.89. The highest BCUT2D eigenvalue weighted by molar-refractivity contribution is 7.87. The Kier molecular flexibility index (Phi) is 3.78. The SMILES string of the molecule is NC(=O)CC(NS(N)(=O)=O)C(=O)O. The number of carboxylic acids is 1. The molecule has 9 heteroatoms. The molecule has 0 heterocycles. The molecule has 0 spiro atoms. The van der Waals surface area contributed by atoms with E-state index in [1.54, 1.807) is 0 Å². The summed E-state index contributed by atoms with van der Waals surface area (Å²) in [6.07, 6.45) is -0.647. The Morgan fingerprint density at radius 2 is 1.92 bits per heavy atom. The van der Waals surface area contributed by atoms with E-state index >= 15 is 0 Å². The van der Waals surface area contributed by atoms with E-state index in [4.69, 9.17) is 5.11 Å². The summed E-state index contributed by atoms with van der Waals surface area (Å²) < 4.78 is 22.3. The maximum absolute atomic E-state index is 10.4. The standard InChI is InChI=1S/C4H9N3O5S/c5-3(8)1-2(4(9)10)7-13(6,11)12/h2,7H,1H2,(H2,5,8)(H,9,10)(H2,6,11,12). The van der Waals surface area contributed by atoms with Gasteiger partial charge in [0.15, 0.2) is 0 Å². The van der Waals surface area contributed by atoms with Crippen LogP contribution in [-0.4, -0.2) is 31.4 Å². The first-order valence-electron chi connectivity index (χ1n) is 3.03.